The highest BCUT2D eigenvalue weighted by molar-refractivity contribution is 5.39. The second kappa shape index (κ2) is 4.36. The molecule has 0 atom stereocenters. The molecular formula is C11H12O2. The third kappa shape index (κ3) is 2.67. The van der Waals surface area contributed by atoms with Gasteiger partial charge in [-0.2, -0.15) is 0 Å². The maximum absolute atomic E-state index is 9.36. The first-order valence-electron chi connectivity index (χ1n) is 4.02. The highest BCUT2D eigenvalue weighted by Crippen LogP contribution is 2.22. The van der Waals surface area contributed by atoms with Crippen molar-refractivity contribution in [3.63, 3.8) is 0 Å². The smallest absolute Gasteiger partial charge is 0.119 e. The van der Waals surface area contributed by atoms with Crippen LogP contribution in [-0.4, -0.2) is 10.2 Å². The van der Waals surface area contributed by atoms with Crippen LogP contribution in [0, 0.1) is 0 Å². The van der Waals surface area contributed by atoms with Gasteiger partial charge in [0, 0.05) is 5.56 Å². The summed E-state index contributed by atoms with van der Waals surface area (Å²) in [6, 6.07) is 4.48. The first-order chi connectivity index (χ1) is 6.24. The third-order valence-corrected chi connectivity index (χ3v) is 1.67. The third-order valence-electron chi connectivity index (χ3n) is 1.67. The maximum Gasteiger partial charge on any atom is 0.119 e. The molecule has 0 bridgehead atoms. The van der Waals surface area contributed by atoms with Crippen molar-refractivity contribution in [2.24, 2.45) is 0 Å². The molecule has 0 amide bonds. The van der Waals surface area contributed by atoms with Gasteiger partial charge in [0.1, 0.15) is 11.5 Å². The lowest BCUT2D eigenvalue weighted by Crippen LogP contribution is -1.81. The maximum atomic E-state index is 9.36. The van der Waals surface area contributed by atoms with Gasteiger partial charge in [-0.05, 0) is 24.6 Å². The molecule has 1 aromatic carbocycles. The Labute approximate surface area is 77.5 Å². The van der Waals surface area contributed by atoms with Crippen LogP contribution >= 0.6 is 0 Å². The molecule has 0 aliphatic heterocycles. The zero-order chi connectivity index (χ0) is 9.68. The van der Waals surface area contributed by atoms with E-state index in [0.29, 0.717) is 12.0 Å². The molecule has 68 valence electrons. The van der Waals surface area contributed by atoms with Crippen LogP contribution in [0.1, 0.15) is 5.56 Å². The van der Waals surface area contributed by atoms with Gasteiger partial charge in [0.2, 0.25) is 0 Å². The number of hydrogen-bond acceptors (Lipinski definition) is 2. The molecule has 0 saturated carbocycles. The molecule has 0 fully saturated rings. The predicted molar refractivity (Wildman–Crippen MR) is 52.8 cm³/mol. The van der Waals surface area contributed by atoms with Crippen molar-refractivity contribution >= 4 is 0 Å². The molecule has 0 heterocycles. The monoisotopic (exact) mass is 176 g/mol. The van der Waals surface area contributed by atoms with Crippen LogP contribution in [0.2, 0.25) is 0 Å². The number of aromatic hydroxyl groups is 2. The minimum Gasteiger partial charge on any atom is -0.508 e. The zero-order valence-corrected chi connectivity index (χ0v) is 7.27. The van der Waals surface area contributed by atoms with Crippen molar-refractivity contribution in [2.75, 3.05) is 0 Å². The van der Waals surface area contributed by atoms with Crippen LogP contribution in [0.25, 0.3) is 0 Å². The van der Waals surface area contributed by atoms with E-state index in [1.54, 1.807) is 18.2 Å². The quantitative estimate of drug-likeness (QED) is 0.548. The first-order valence-corrected chi connectivity index (χ1v) is 4.02. The van der Waals surface area contributed by atoms with Gasteiger partial charge in [-0.25, -0.2) is 0 Å². The summed E-state index contributed by atoms with van der Waals surface area (Å²) in [5.41, 5.74) is 0.707. The van der Waals surface area contributed by atoms with Crippen molar-refractivity contribution in [3.8, 4) is 11.5 Å². The molecule has 1 aromatic rings. The average Bonchev–Trinajstić information content (AvgIpc) is 2.11. The fourth-order valence-corrected chi connectivity index (χ4v) is 1.03. The van der Waals surface area contributed by atoms with Gasteiger partial charge in [-0.3, -0.25) is 0 Å². The van der Waals surface area contributed by atoms with Gasteiger partial charge in [-0.1, -0.05) is 24.8 Å². The molecule has 13 heavy (non-hydrogen) atoms. The van der Waals surface area contributed by atoms with E-state index in [4.69, 9.17) is 5.11 Å². The number of phenols is 2. The summed E-state index contributed by atoms with van der Waals surface area (Å²) in [5, 5.41) is 18.5. The Morgan fingerprint density at radius 1 is 1.31 bits per heavy atom. The van der Waals surface area contributed by atoms with E-state index in [1.807, 2.05) is 6.08 Å². The summed E-state index contributed by atoms with van der Waals surface area (Å²) in [7, 11) is 0. The summed E-state index contributed by atoms with van der Waals surface area (Å²) < 4.78 is 0. The van der Waals surface area contributed by atoms with E-state index in [9.17, 15) is 5.11 Å². The summed E-state index contributed by atoms with van der Waals surface area (Å²) in [5.74, 6) is 0.367. The lowest BCUT2D eigenvalue weighted by atomic mass is 10.1. The number of phenolic OH excluding ortho intramolecular Hbond substituents is 2. The fraction of sp³-hybridized carbons (Fsp3) is 0.0909. The average molecular weight is 176 g/mol. The molecule has 0 spiro atoms. The van der Waals surface area contributed by atoms with Crippen LogP contribution in [0.4, 0.5) is 0 Å². The summed E-state index contributed by atoms with van der Waals surface area (Å²) in [6.45, 7) is 3.53. The van der Waals surface area contributed by atoms with E-state index >= 15 is 0 Å². The SMILES string of the molecule is C=CC=CCc1cc(O)ccc1O. The Bertz CT molecular complexity index is 327. The molecule has 0 aromatic heterocycles. The van der Waals surface area contributed by atoms with Gasteiger partial charge in [0.05, 0.1) is 0 Å². The number of rotatable bonds is 3. The van der Waals surface area contributed by atoms with E-state index < -0.39 is 0 Å². The van der Waals surface area contributed by atoms with Crippen molar-refractivity contribution < 1.29 is 10.2 Å². The number of allylic oxidation sites excluding steroid dienone is 3. The van der Waals surface area contributed by atoms with Gasteiger partial charge < -0.3 is 10.2 Å². The Kier molecular flexibility index (Phi) is 3.15. The van der Waals surface area contributed by atoms with Crippen molar-refractivity contribution in [2.45, 2.75) is 6.42 Å². The molecule has 0 aliphatic carbocycles. The van der Waals surface area contributed by atoms with Crippen LogP contribution in [-0.2, 0) is 6.42 Å². The van der Waals surface area contributed by atoms with Crippen molar-refractivity contribution in [1.82, 2.24) is 0 Å². The molecule has 2 N–H and O–H groups in total. The Morgan fingerprint density at radius 3 is 2.77 bits per heavy atom. The number of hydrogen-bond donors (Lipinski definition) is 2. The van der Waals surface area contributed by atoms with Crippen molar-refractivity contribution in [1.29, 1.82) is 0 Å². The van der Waals surface area contributed by atoms with Gasteiger partial charge in [0.25, 0.3) is 0 Å². The molecular weight excluding hydrogens is 164 g/mol. The summed E-state index contributed by atoms with van der Waals surface area (Å²) in [4.78, 5) is 0. The van der Waals surface area contributed by atoms with Crippen LogP contribution in [0.5, 0.6) is 11.5 Å². The lowest BCUT2D eigenvalue weighted by molar-refractivity contribution is 0.455. The highest BCUT2D eigenvalue weighted by Gasteiger charge is 1.99. The molecule has 0 saturated heterocycles. The topological polar surface area (TPSA) is 40.5 Å². The van der Waals surface area contributed by atoms with Crippen LogP contribution < -0.4 is 0 Å². The Morgan fingerprint density at radius 2 is 2.08 bits per heavy atom. The molecule has 0 aliphatic rings. The van der Waals surface area contributed by atoms with E-state index in [-0.39, 0.29) is 11.5 Å². The Balaban J connectivity index is 2.81. The lowest BCUT2D eigenvalue weighted by Gasteiger charge is -2.01. The van der Waals surface area contributed by atoms with Crippen molar-refractivity contribution in [3.05, 3.63) is 48.6 Å². The predicted octanol–water partition coefficient (Wildman–Crippen LogP) is 2.38. The van der Waals surface area contributed by atoms with Crippen LogP contribution in [0.15, 0.2) is 43.0 Å². The van der Waals surface area contributed by atoms with Gasteiger partial charge in [-0.15, -0.1) is 0 Å². The summed E-state index contributed by atoms with van der Waals surface area (Å²) >= 11 is 0. The summed E-state index contributed by atoms with van der Waals surface area (Å²) in [6.07, 6.45) is 5.91. The minimum atomic E-state index is 0.166. The fourth-order valence-electron chi connectivity index (χ4n) is 1.03. The minimum absolute atomic E-state index is 0.166. The normalized spacial score (nSPS) is 10.5. The highest BCUT2D eigenvalue weighted by atomic mass is 16.3. The molecule has 1 rings (SSSR count). The molecule has 0 unspecified atom stereocenters. The van der Waals surface area contributed by atoms with E-state index in [1.165, 1.54) is 12.1 Å². The Hall–Kier alpha value is -1.70. The zero-order valence-electron chi connectivity index (χ0n) is 7.27. The van der Waals surface area contributed by atoms with Crippen LogP contribution in [0.3, 0.4) is 0 Å². The number of benzene rings is 1. The van der Waals surface area contributed by atoms with E-state index in [2.05, 4.69) is 6.58 Å². The molecule has 2 nitrogen and oxygen atoms in total. The second-order valence-electron chi connectivity index (χ2n) is 2.68. The first kappa shape index (κ1) is 9.39. The molecule has 2 heteroatoms. The largest absolute Gasteiger partial charge is 0.508 e. The second-order valence-corrected chi connectivity index (χ2v) is 2.68. The van der Waals surface area contributed by atoms with E-state index in [0.717, 1.165) is 0 Å². The van der Waals surface area contributed by atoms with Gasteiger partial charge in [0.15, 0.2) is 0 Å². The van der Waals surface area contributed by atoms with Gasteiger partial charge >= 0.3 is 0 Å². The molecule has 0 radical (unpaired) electrons. The standard InChI is InChI=1S/C11H12O2/c1-2-3-4-5-9-8-10(12)6-7-11(9)13/h2-4,6-8,12-13H,1,5H2.